The molecule has 3 aromatic carbocycles. The highest BCUT2D eigenvalue weighted by Gasteiger charge is 2.26. The predicted molar refractivity (Wildman–Crippen MR) is 160 cm³/mol. The minimum atomic E-state index is -3.52. The Hall–Kier alpha value is -3.89. The molecule has 10 heteroatoms. The minimum Gasteiger partial charge on any atom is -0.497 e. The Kier molecular flexibility index (Phi) is 11.3. The SMILES string of the molecule is CCCS(=O)(=O)N(C)c1cccc(C(=O)NC(Cc2ccccc2)C(O)CN(Cc2cccc(OC)c2)C(C)=O)c1. The largest absolute Gasteiger partial charge is 0.497 e. The van der Waals surface area contributed by atoms with Gasteiger partial charge in [-0.15, -0.1) is 0 Å². The highest BCUT2D eigenvalue weighted by Crippen LogP contribution is 2.20. The van der Waals surface area contributed by atoms with E-state index in [0.29, 0.717) is 24.3 Å². The fourth-order valence-electron chi connectivity index (χ4n) is 4.45. The highest BCUT2D eigenvalue weighted by atomic mass is 32.2. The van der Waals surface area contributed by atoms with E-state index in [9.17, 15) is 23.1 Å². The number of nitrogens with one attached hydrogen (secondary N) is 1. The van der Waals surface area contributed by atoms with Gasteiger partial charge in [0, 0.05) is 32.6 Å². The number of benzene rings is 3. The third-order valence-electron chi connectivity index (χ3n) is 6.79. The van der Waals surface area contributed by atoms with Crippen molar-refractivity contribution in [2.75, 3.05) is 30.8 Å². The Morgan fingerprint density at radius 1 is 0.976 bits per heavy atom. The van der Waals surface area contributed by atoms with Crippen LogP contribution in [-0.4, -0.2) is 68.8 Å². The molecule has 0 heterocycles. The van der Waals surface area contributed by atoms with Crippen LogP contribution in [0.5, 0.6) is 5.75 Å². The molecule has 41 heavy (non-hydrogen) atoms. The van der Waals surface area contributed by atoms with Crippen LogP contribution in [0.1, 0.15) is 41.8 Å². The van der Waals surface area contributed by atoms with Gasteiger partial charge in [0.15, 0.2) is 0 Å². The maximum Gasteiger partial charge on any atom is 0.251 e. The molecule has 220 valence electrons. The van der Waals surface area contributed by atoms with Gasteiger partial charge in [0.05, 0.1) is 30.7 Å². The Morgan fingerprint density at radius 3 is 2.32 bits per heavy atom. The van der Waals surface area contributed by atoms with Crippen molar-refractivity contribution in [1.82, 2.24) is 10.2 Å². The first-order chi connectivity index (χ1) is 19.5. The summed E-state index contributed by atoms with van der Waals surface area (Å²) in [6.07, 6.45) is -0.297. The van der Waals surface area contributed by atoms with Crippen LogP contribution in [0.15, 0.2) is 78.9 Å². The van der Waals surface area contributed by atoms with Gasteiger partial charge in [-0.2, -0.15) is 0 Å². The normalized spacial score (nSPS) is 12.7. The van der Waals surface area contributed by atoms with Gasteiger partial charge >= 0.3 is 0 Å². The average Bonchev–Trinajstić information content (AvgIpc) is 2.96. The van der Waals surface area contributed by atoms with Gasteiger partial charge in [-0.05, 0) is 54.3 Å². The summed E-state index contributed by atoms with van der Waals surface area (Å²) in [5, 5.41) is 14.3. The van der Waals surface area contributed by atoms with Crippen LogP contribution in [-0.2, 0) is 27.8 Å². The lowest BCUT2D eigenvalue weighted by atomic mass is 9.99. The van der Waals surface area contributed by atoms with E-state index in [4.69, 9.17) is 4.74 Å². The number of aliphatic hydroxyl groups excluding tert-OH is 1. The summed E-state index contributed by atoms with van der Waals surface area (Å²) in [7, 11) is -0.488. The summed E-state index contributed by atoms with van der Waals surface area (Å²) in [6.45, 7) is 3.47. The molecule has 3 rings (SSSR count). The van der Waals surface area contributed by atoms with Crippen LogP contribution >= 0.6 is 0 Å². The molecule has 3 aromatic rings. The molecular weight excluding hydrogens is 542 g/mol. The zero-order chi connectivity index (χ0) is 30.0. The van der Waals surface area contributed by atoms with Gasteiger partial charge in [-0.1, -0.05) is 55.5 Å². The summed E-state index contributed by atoms with van der Waals surface area (Å²) < 4.78 is 31.6. The molecule has 9 nitrogen and oxygen atoms in total. The molecule has 0 radical (unpaired) electrons. The number of ether oxygens (including phenoxy) is 1. The Balaban J connectivity index is 1.83. The maximum absolute atomic E-state index is 13.4. The van der Waals surface area contributed by atoms with Gasteiger partial charge in [-0.25, -0.2) is 8.42 Å². The summed E-state index contributed by atoms with van der Waals surface area (Å²) in [6, 6.07) is 22.4. The smallest absolute Gasteiger partial charge is 0.251 e. The summed E-state index contributed by atoms with van der Waals surface area (Å²) in [5.74, 6) is -0.0275. The van der Waals surface area contributed by atoms with E-state index in [-0.39, 0.29) is 30.3 Å². The first kappa shape index (κ1) is 31.6. The number of carbonyl (C=O) groups excluding carboxylic acids is 2. The molecule has 2 amide bonds. The van der Waals surface area contributed by atoms with Gasteiger partial charge in [-0.3, -0.25) is 13.9 Å². The van der Waals surface area contributed by atoms with Crippen molar-refractivity contribution in [2.45, 2.75) is 45.4 Å². The van der Waals surface area contributed by atoms with Gasteiger partial charge in [0.25, 0.3) is 5.91 Å². The number of sulfonamides is 1. The third kappa shape index (κ3) is 9.06. The quantitative estimate of drug-likeness (QED) is 0.301. The summed E-state index contributed by atoms with van der Waals surface area (Å²) >= 11 is 0. The molecule has 0 fully saturated rings. The number of hydrogen-bond donors (Lipinski definition) is 2. The molecular formula is C31H39N3O6S. The lowest BCUT2D eigenvalue weighted by Crippen LogP contribution is -2.50. The van der Waals surface area contributed by atoms with Crippen LogP contribution in [0.3, 0.4) is 0 Å². The molecule has 2 atom stereocenters. The molecule has 0 saturated carbocycles. The molecule has 0 aliphatic heterocycles. The summed E-state index contributed by atoms with van der Waals surface area (Å²) in [5.41, 5.74) is 2.37. The highest BCUT2D eigenvalue weighted by molar-refractivity contribution is 7.92. The minimum absolute atomic E-state index is 0.00627. The third-order valence-corrected chi connectivity index (χ3v) is 8.76. The molecule has 0 spiro atoms. The van der Waals surface area contributed by atoms with Crippen molar-refractivity contribution >= 4 is 27.5 Å². The van der Waals surface area contributed by atoms with Gasteiger partial charge in [0.1, 0.15) is 5.75 Å². The number of carbonyl (C=O) groups is 2. The van der Waals surface area contributed by atoms with Crippen LogP contribution < -0.4 is 14.4 Å². The topological polar surface area (TPSA) is 116 Å². The first-order valence-corrected chi connectivity index (χ1v) is 15.1. The van der Waals surface area contributed by atoms with Crippen molar-refractivity contribution < 1.29 is 27.9 Å². The zero-order valence-electron chi connectivity index (χ0n) is 24.0. The van der Waals surface area contributed by atoms with E-state index < -0.39 is 28.1 Å². The summed E-state index contributed by atoms with van der Waals surface area (Å²) in [4.78, 5) is 27.5. The molecule has 0 aliphatic carbocycles. The number of methoxy groups -OCH3 is 1. The fourth-order valence-corrected chi connectivity index (χ4v) is 5.67. The average molecular weight is 582 g/mol. The standard InChI is InChI=1S/C31H39N3O6S/c1-5-17-41(38,39)33(3)27-15-10-14-26(20-27)31(37)32-29(19-24-11-7-6-8-12-24)30(36)22-34(23(2)35)21-25-13-9-16-28(18-25)40-4/h6-16,18,20,29-30,36H,5,17,19,21-22H2,1-4H3,(H,32,37). The van der Waals surface area contributed by atoms with Crippen molar-refractivity contribution in [3.05, 3.63) is 95.6 Å². The number of nitrogens with zero attached hydrogens (tertiary/aromatic N) is 2. The number of hydrogen-bond acceptors (Lipinski definition) is 6. The molecule has 0 aromatic heterocycles. The molecule has 0 bridgehead atoms. The monoisotopic (exact) mass is 581 g/mol. The zero-order valence-corrected chi connectivity index (χ0v) is 24.8. The van der Waals surface area contributed by atoms with Crippen LogP contribution in [0.4, 0.5) is 5.69 Å². The Bertz CT molecular complexity index is 1410. The van der Waals surface area contributed by atoms with Crippen molar-refractivity contribution in [2.24, 2.45) is 0 Å². The van der Waals surface area contributed by atoms with E-state index >= 15 is 0 Å². The molecule has 0 aliphatic rings. The van der Waals surface area contributed by atoms with E-state index in [2.05, 4.69) is 5.32 Å². The first-order valence-electron chi connectivity index (χ1n) is 13.5. The van der Waals surface area contributed by atoms with Gasteiger partial charge < -0.3 is 20.1 Å². The van der Waals surface area contributed by atoms with Crippen molar-refractivity contribution in [3.63, 3.8) is 0 Å². The lowest BCUT2D eigenvalue weighted by molar-refractivity contribution is -0.131. The number of anilines is 1. The Labute approximate surface area is 242 Å². The maximum atomic E-state index is 13.4. The molecule has 0 saturated heterocycles. The van der Waals surface area contributed by atoms with Crippen LogP contribution in [0.2, 0.25) is 0 Å². The predicted octanol–water partition coefficient (Wildman–Crippen LogP) is 3.62. The van der Waals surface area contributed by atoms with Crippen LogP contribution in [0.25, 0.3) is 0 Å². The fraction of sp³-hybridized carbons (Fsp3) is 0.355. The van der Waals surface area contributed by atoms with E-state index in [1.165, 1.54) is 29.2 Å². The van der Waals surface area contributed by atoms with Crippen molar-refractivity contribution in [3.8, 4) is 5.75 Å². The van der Waals surface area contributed by atoms with Crippen molar-refractivity contribution in [1.29, 1.82) is 0 Å². The van der Waals surface area contributed by atoms with E-state index in [1.54, 1.807) is 32.2 Å². The number of aliphatic hydroxyl groups is 1. The molecule has 2 N–H and O–H groups in total. The van der Waals surface area contributed by atoms with E-state index in [1.807, 2.05) is 54.6 Å². The second kappa shape index (κ2) is 14.7. The second-order valence-electron chi connectivity index (χ2n) is 9.92. The Morgan fingerprint density at radius 2 is 1.66 bits per heavy atom. The lowest BCUT2D eigenvalue weighted by Gasteiger charge is -2.30. The number of amides is 2. The molecule has 2 unspecified atom stereocenters. The van der Waals surface area contributed by atoms with Crippen LogP contribution in [0, 0.1) is 0 Å². The van der Waals surface area contributed by atoms with Gasteiger partial charge in [0.2, 0.25) is 15.9 Å². The van der Waals surface area contributed by atoms with E-state index in [0.717, 1.165) is 11.1 Å². The number of rotatable bonds is 14. The second-order valence-corrected chi connectivity index (χ2v) is 12.0.